The van der Waals surface area contributed by atoms with Crippen molar-refractivity contribution in [1.29, 1.82) is 0 Å². The summed E-state index contributed by atoms with van der Waals surface area (Å²) in [6.45, 7) is 4.84. The molecule has 28 heavy (non-hydrogen) atoms. The number of likely N-dealkylation sites (tertiary alicyclic amines) is 2. The molecule has 1 spiro atoms. The van der Waals surface area contributed by atoms with Crippen molar-refractivity contribution in [2.75, 3.05) is 38.6 Å². The first kappa shape index (κ1) is 18.8. The number of fused-ring (bicyclic) bond motifs is 1. The van der Waals surface area contributed by atoms with Crippen molar-refractivity contribution in [2.45, 2.75) is 38.5 Å². The fourth-order valence-corrected chi connectivity index (χ4v) is 4.81. The molecule has 1 atom stereocenters. The molecule has 150 valence electrons. The minimum atomic E-state index is -0.481. The van der Waals surface area contributed by atoms with E-state index in [9.17, 15) is 14.4 Å². The molecule has 1 aromatic rings. The van der Waals surface area contributed by atoms with Gasteiger partial charge in [-0.1, -0.05) is 0 Å². The lowest BCUT2D eigenvalue weighted by Gasteiger charge is -2.40. The molecule has 0 radical (unpaired) electrons. The van der Waals surface area contributed by atoms with E-state index in [-0.39, 0.29) is 29.6 Å². The standard InChI is InChI=1S/C21H27N3O4/c1-3-23-13-21(12-19(23)26)6-8-24(9-7-21)20(27)16-11-18(25)22-17-5-4-14(28-2)10-15(16)17/h4-5,10,16H,3,6-9,11-13H2,1-2H3,(H,22,25)/t16-/m0/s1. The van der Waals surface area contributed by atoms with Gasteiger partial charge in [-0.2, -0.15) is 0 Å². The summed E-state index contributed by atoms with van der Waals surface area (Å²) in [5, 5.41) is 2.85. The average Bonchev–Trinajstić information content (AvgIpc) is 3.02. The maximum Gasteiger partial charge on any atom is 0.230 e. The van der Waals surface area contributed by atoms with Crippen LogP contribution in [0.5, 0.6) is 5.75 Å². The summed E-state index contributed by atoms with van der Waals surface area (Å²) in [5.74, 6) is 0.285. The van der Waals surface area contributed by atoms with E-state index < -0.39 is 5.92 Å². The minimum Gasteiger partial charge on any atom is -0.497 e. The highest BCUT2D eigenvalue weighted by Gasteiger charge is 2.46. The summed E-state index contributed by atoms with van der Waals surface area (Å²) in [6, 6.07) is 5.42. The number of hydrogen-bond donors (Lipinski definition) is 1. The molecular formula is C21H27N3O4. The van der Waals surface area contributed by atoms with E-state index in [1.54, 1.807) is 19.2 Å². The van der Waals surface area contributed by atoms with Gasteiger partial charge in [0.25, 0.3) is 0 Å². The van der Waals surface area contributed by atoms with E-state index in [1.165, 1.54) is 0 Å². The van der Waals surface area contributed by atoms with Crippen LogP contribution in [0.15, 0.2) is 18.2 Å². The van der Waals surface area contributed by atoms with Crippen LogP contribution in [0.4, 0.5) is 5.69 Å². The van der Waals surface area contributed by atoms with E-state index in [0.717, 1.165) is 31.5 Å². The van der Waals surface area contributed by atoms with Gasteiger partial charge in [0, 0.05) is 50.1 Å². The fourth-order valence-electron chi connectivity index (χ4n) is 4.81. The molecule has 2 saturated heterocycles. The van der Waals surface area contributed by atoms with Crippen LogP contribution in [0.3, 0.4) is 0 Å². The number of anilines is 1. The Morgan fingerprint density at radius 2 is 2.04 bits per heavy atom. The Morgan fingerprint density at radius 1 is 1.29 bits per heavy atom. The average molecular weight is 385 g/mol. The number of methoxy groups -OCH3 is 1. The predicted molar refractivity (Wildman–Crippen MR) is 104 cm³/mol. The van der Waals surface area contributed by atoms with Gasteiger partial charge in [-0.05, 0) is 43.5 Å². The number of benzene rings is 1. The zero-order chi connectivity index (χ0) is 19.9. The number of rotatable bonds is 3. The van der Waals surface area contributed by atoms with E-state index in [4.69, 9.17) is 4.74 Å². The molecule has 0 unspecified atom stereocenters. The second-order valence-electron chi connectivity index (χ2n) is 8.17. The van der Waals surface area contributed by atoms with Gasteiger partial charge in [0.15, 0.2) is 0 Å². The third-order valence-corrected chi connectivity index (χ3v) is 6.52. The number of ether oxygens (including phenoxy) is 1. The largest absolute Gasteiger partial charge is 0.497 e. The van der Waals surface area contributed by atoms with Crippen molar-refractivity contribution in [1.82, 2.24) is 9.80 Å². The van der Waals surface area contributed by atoms with Crippen LogP contribution >= 0.6 is 0 Å². The number of hydrogen-bond acceptors (Lipinski definition) is 4. The molecule has 7 nitrogen and oxygen atoms in total. The van der Waals surface area contributed by atoms with Crippen molar-refractivity contribution in [3.63, 3.8) is 0 Å². The first-order valence-electron chi connectivity index (χ1n) is 9.99. The summed E-state index contributed by atoms with van der Waals surface area (Å²) in [4.78, 5) is 41.4. The lowest BCUT2D eigenvalue weighted by atomic mass is 9.77. The van der Waals surface area contributed by atoms with Crippen molar-refractivity contribution in [2.24, 2.45) is 5.41 Å². The molecule has 1 aromatic carbocycles. The molecule has 2 fully saturated rings. The van der Waals surface area contributed by atoms with Crippen molar-refractivity contribution in [3.8, 4) is 5.75 Å². The Kier molecular flexibility index (Phi) is 4.77. The smallest absolute Gasteiger partial charge is 0.230 e. The second-order valence-corrected chi connectivity index (χ2v) is 8.17. The van der Waals surface area contributed by atoms with Gasteiger partial charge in [-0.3, -0.25) is 14.4 Å². The van der Waals surface area contributed by atoms with Crippen LogP contribution in [0.1, 0.15) is 44.1 Å². The van der Waals surface area contributed by atoms with Gasteiger partial charge in [-0.15, -0.1) is 0 Å². The van der Waals surface area contributed by atoms with Crippen LogP contribution in [0.25, 0.3) is 0 Å². The molecular weight excluding hydrogens is 358 g/mol. The normalized spacial score (nSPS) is 23.6. The second kappa shape index (κ2) is 7.11. The molecule has 4 rings (SSSR count). The number of nitrogens with zero attached hydrogens (tertiary/aromatic N) is 2. The molecule has 3 aliphatic rings. The SMILES string of the molecule is CCN1CC2(CCN(C(=O)[C@H]3CC(=O)Nc4ccc(OC)cc43)CC2)CC1=O. The third-order valence-electron chi connectivity index (χ3n) is 6.52. The summed E-state index contributed by atoms with van der Waals surface area (Å²) in [7, 11) is 1.59. The van der Waals surface area contributed by atoms with Crippen LogP contribution in [-0.4, -0.2) is 60.8 Å². The molecule has 3 aliphatic heterocycles. The highest BCUT2D eigenvalue weighted by Crippen LogP contribution is 2.42. The van der Waals surface area contributed by atoms with Crippen molar-refractivity contribution in [3.05, 3.63) is 23.8 Å². The van der Waals surface area contributed by atoms with Crippen molar-refractivity contribution >= 4 is 23.4 Å². The topological polar surface area (TPSA) is 79.0 Å². The van der Waals surface area contributed by atoms with E-state index >= 15 is 0 Å². The molecule has 3 amide bonds. The van der Waals surface area contributed by atoms with Gasteiger partial charge in [-0.25, -0.2) is 0 Å². The highest BCUT2D eigenvalue weighted by atomic mass is 16.5. The third kappa shape index (κ3) is 3.23. The zero-order valence-electron chi connectivity index (χ0n) is 16.5. The lowest BCUT2D eigenvalue weighted by Crippen LogP contribution is -2.46. The van der Waals surface area contributed by atoms with Crippen LogP contribution < -0.4 is 10.1 Å². The van der Waals surface area contributed by atoms with Gasteiger partial charge in [0.05, 0.1) is 13.0 Å². The van der Waals surface area contributed by atoms with Gasteiger partial charge in [0.1, 0.15) is 5.75 Å². The molecule has 7 heteroatoms. The summed E-state index contributed by atoms with van der Waals surface area (Å²) >= 11 is 0. The van der Waals surface area contributed by atoms with Crippen LogP contribution in [-0.2, 0) is 14.4 Å². The number of amides is 3. The zero-order valence-corrected chi connectivity index (χ0v) is 16.5. The Balaban J connectivity index is 1.49. The van der Waals surface area contributed by atoms with E-state index in [2.05, 4.69) is 5.32 Å². The summed E-state index contributed by atoms with van der Waals surface area (Å²) < 4.78 is 5.30. The van der Waals surface area contributed by atoms with Crippen LogP contribution in [0.2, 0.25) is 0 Å². The molecule has 0 aromatic heterocycles. The number of carbonyl (C=O) groups excluding carboxylic acids is 3. The molecule has 1 N–H and O–H groups in total. The Hall–Kier alpha value is -2.57. The number of nitrogens with one attached hydrogen (secondary N) is 1. The molecule has 0 saturated carbocycles. The maximum absolute atomic E-state index is 13.3. The van der Waals surface area contributed by atoms with Crippen LogP contribution in [0, 0.1) is 5.41 Å². The minimum absolute atomic E-state index is 0.00382. The van der Waals surface area contributed by atoms with Crippen molar-refractivity contribution < 1.29 is 19.1 Å². The summed E-state index contributed by atoms with van der Waals surface area (Å²) in [6.07, 6.45) is 2.42. The molecule has 0 aliphatic carbocycles. The Bertz CT molecular complexity index is 814. The van der Waals surface area contributed by atoms with Gasteiger partial charge >= 0.3 is 0 Å². The molecule has 0 bridgehead atoms. The first-order valence-corrected chi connectivity index (χ1v) is 9.99. The highest BCUT2D eigenvalue weighted by molar-refractivity contribution is 6.01. The Morgan fingerprint density at radius 3 is 2.68 bits per heavy atom. The number of carbonyl (C=O) groups is 3. The number of piperidine rings is 1. The van der Waals surface area contributed by atoms with Gasteiger partial charge < -0.3 is 19.9 Å². The fraction of sp³-hybridized carbons (Fsp3) is 0.571. The van der Waals surface area contributed by atoms with E-state index in [0.29, 0.717) is 30.9 Å². The first-order chi connectivity index (χ1) is 13.4. The lowest BCUT2D eigenvalue weighted by molar-refractivity contribution is -0.137. The summed E-state index contributed by atoms with van der Waals surface area (Å²) in [5.41, 5.74) is 1.51. The maximum atomic E-state index is 13.3. The van der Waals surface area contributed by atoms with Gasteiger partial charge in [0.2, 0.25) is 17.7 Å². The Labute approximate surface area is 165 Å². The monoisotopic (exact) mass is 385 g/mol. The predicted octanol–water partition coefficient (Wildman–Crippen LogP) is 1.98. The van der Waals surface area contributed by atoms with E-state index in [1.807, 2.05) is 22.8 Å². The quantitative estimate of drug-likeness (QED) is 0.863. The molecule has 3 heterocycles.